The van der Waals surface area contributed by atoms with Gasteiger partial charge in [0.2, 0.25) is 10.0 Å². The second-order valence-corrected chi connectivity index (χ2v) is 7.38. The number of nitrogens with zero attached hydrogens (tertiary/aromatic N) is 2. The fourth-order valence-corrected chi connectivity index (χ4v) is 3.97. The van der Waals surface area contributed by atoms with Crippen LogP contribution < -0.4 is 4.31 Å². The highest BCUT2D eigenvalue weighted by Crippen LogP contribution is 2.22. The summed E-state index contributed by atoms with van der Waals surface area (Å²) in [6.07, 6.45) is 0.804. The predicted molar refractivity (Wildman–Crippen MR) is 82.9 cm³/mol. The summed E-state index contributed by atoms with van der Waals surface area (Å²) in [5.74, 6) is 0.642. The van der Waals surface area contributed by atoms with Crippen molar-refractivity contribution in [3.8, 4) is 0 Å². The first-order valence-electron chi connectivity index (χ1n) is 6.96. The maximum Gasteiger partial charge on any atom is 0.236 e. The molecule has 1 saturated heterocycles. The Bertz CT molecular complexity index is 739. The standard InChI is InChI=1S/C15H18N2O3S/c1-17(21(18,19)11-12-8-9-20-10-12)15-7-6-13-4-2-3-5-14(13)16-15/h2-7,12H,8-11H2,1H3. The molecule has 1 atom stereocenters. The fourth-order valence-electron chi connectivity index (χ4n) is 2.50. The molecule has 2 heterocycles. The third kappa shape index (κ3) is 3.01. The Hall–Kier alpha value is -1.66. The van der Waals surface area contributed by atoms with E-state index >= 15 is 0 Å². The molecular formula is C15H18N2O3S. The Morgan fingerprint density at radius 1 is 1.29 bits per heavy atom. The van der Waals surface area contributed by atoms with Crippen LogP contribution in [0.3, 0.4) is 0 Å². The minimum Gasteiger partial charge on any atom is -0.381 e. The molecular weight excluding hydrogens is 288 g/mol. The van der Waals surface area contributed by atoms with Gasteiger partial charge >= 0.3 is 0 Å². The van der Waals surface area contributed by atoms with E-state index in [1.807, 2.05) is 30.3 Å². The van der Waals surface area contributed by atoms with E-state index in [1.165, 1.54) is 4.31 Å². The molecule has 1 aliphatic rings. The molecule has 0 amide bonds. The zero-order valence-corrected chi connectivity index (χ0v) is 12.7. The Morgan fingerprint density at radius 3 is 2.86 bits per heavy atom. The SMILES string of the molecule is CN(c1ccc2ccccc2n1)S(=O)(=O)CC1CCOC1. The monoisotopic (exact) mass is 306 g/mol. The van der Waals surface area contributed by atoms with Gasteiger partial charge in [-0.2, -0.15) is 0 Å². The number of rotatable bonds is 4. The molecule has 5 nitrogen and oxygen atoms in total. The zero-order valence-electron chi connectivity index (χ0n) is 11.9. The quantitative estimate of drug-likeness (QED) is 0.867. The van der Waals surface area contributed by atoms with E-state index in [0.717, 1.165) is 17.3 Å². The summed E-state index contributed by atoms with van der Waals surface area (Å²) in [7, 11) is -1.82. The summed E-state index contributed by atoms with van der Waals surface area (Å²) in [4.78, 5) is 4.43. The van der Waals surface area contributed by atoms with Crippen molar-refractivity contribution < 1.29 is 13.2 Å². The Kier molecular flexibility index (Phi) is 3.82. The summed E-state index contributed by atoms with van der Waals surface area (Å²) >= 11 is 0. The molecule has 3 rings (SSSR count). The number of fused-ring (bicyclic) bond motifs is 1. The van der Waals surface area contributed by atoms with E-state index < -0.39 is 10.0 Å². The molecule has 0 spiro atoms. The molecule has 1 aromatic carbocycles. The third-order valence-electron chi connectivity index (χ3n) is 3.79. The second kappa shape index (κ2) is 5.61. The van der Waals surface area contributed by atoms with Crippen LogP contribution in [-0.2, 0) is 14.8 Å². The fraction of sp³-hybridized carbons (Fsp3) is 0.400. The maximum absolute atomic E-state index is 12.5. The summed E-state index contributed by atoms with van der Waals surface area (Å²) in [6.45, 7) is 1.18. The number of ether oxygens (including phenoxy) is 1. The van der Waals surface area contributed by atoms with E-state index in [-0.39, 0.29) is 11.7 Å². The number of hydrogen-bond donors (Lipinski definition) is 0. The molecule has 0 N–H and O–H groups in total. The lowest BCUT2D eigenvalue weighted by molar-refractivity contribution is 0.188. The van der Waals surface area contributed by atoms with Crippen LogP contribution >= 0.6 is 0 Å². The van der Waals surface area contributed by atoms with Crippen molar-refractivity contribution in [1.29, 1.82) is 0 Å². The molecule has 1 unspecified atom stereocenters. The van der Waals surface area contributed by atoms with Crippen LogP contribution in [0.5, 0.6) is 0 Å². The number of pyridine rings is 1. The third-order valence-corrected chi connectivity index (χ3v) is 5.71. The lowest BCUT2D eigenvalue weighted by Gasteiger charge is -2.20. The van der Waals surface area contributed by atoms with E-state index in [9.17, 15) is 8.42 Å². The highest BCUT2D eigenvalue weighted by atomic mass is 32.2. The summed E-state index contributed by atoms with van der Waals surface area (Å²) in [5.41, 5.74) is 0.793. The number of anilines is 1. The van der Waals surface area contributed by atoms with Gasteiger partial charge in [0.05, 0.1) is 17.9 Å². The van der Waals surface area contributed by atoms with E-state index in [2.05, 4.69) is 4.98 Å². The van der Waals surface area contributed by atoms with Gasteiger partial charge in [-0.15, -0.1) is 0 Å². The molecule has 1 fully saturated rings. The van der Waals surface area contributed by atoms with Crippen molar-refractivity contribution in [3.63, 3.8) is 0 Å². The molecule has 0 aliphatic carbocycles. The maximum atomic E-state index is 12.5. The molecule has 1 aromatic heterocycles. The van der Waals surface area contributed by atoms with Crippen LogP contribution in [0.2, 0.25) is 0 Å². The van der Waals surface area contributed by atoms with Gasteiger partial charge in [0.15, 0.2) is 0 Å². The lowest BCUT2D eigenvalue weighted by atomic mass is 10.2. The van der Waals surface area contributed by atoms with Gasteiger partial charge in [0, 0.05) is 25.0 Å². The predicted octanol–water partition coefficient (Wildman–Crippen LogP) is 2.04. The van der Waals surface area contributed by atoms with Gasteiger partial charge in [-0.1, -0.05) is 18.2 Å². The van der Waals surface area contributed by atoms with Crippen LogP contribution in [0.4, 0.5) is 5.82 Å². The average Bonchev–Trinajstić information content (AvgIpc) is 2.98. The first kappa shape index (κ1) is 14.3. The number of sulfonamides is 1. The average molecular weight is 306 g/mol. The molecule has 0 radical (unpaired) electrons. The molecule has 2 aromatic rings. The number of hydrogen-bond acceptors (Lipinski definition) is 4. The molecule has 0 saturated carbocycles. The molecule has 112 valence electrons. The van der Waals surface area contributed by atoms with E-state index in [0.29, 0.717) is 19.0 Å². The van der Waals surface area contributed by atoms with Crippen LogP contribution in [-0.4, -0.2) is 39.4 Å². The first-order chi connectivity index (χ1) is 10.1. The van der Waals surface area contributed by atoms with Gasteiger partial charge in [-0.25, -0.2) is 13.4 Å². The highest BCUT2D eigenvalue weighted by Gasteiger charge is 2.27. The largest absolute Gasteiger partial charge is 0.381 e. The smallest absolute Gasteiger partial charge is 0.236 e. The van der Waals surface area contributed by atoms with Crippen molar-refractivity contribution in [3.05, 3.63) is 36.4 Å². The van der Waals surface area contributed by atoms with Crippen molar-refractivity contribution in [2.75, 3.05) is 30.3 Å². The first-order valence-corrected chi connectivity index (χ1v) is 8.57. The van der Waals surface area contributed by atoms with E-state index in [1.54, 1.807) is 13.1 Å². The van der Waals surface area contributed by atoms with Crippen LogP contribution in [0.15, 0.2) is 36.4 Å². The van der Waals surface area contributed by atoms with Gasteiger partial charge in [-0.3, -0.25) is 4.31 Å². The highest BCUT2D eigenvalue weighted by molar-refractivity contribution is 7.92. The molecule has 6 heteroatoms. The number of para-hydroxylation sites is 1. The summed E-state index contributed by atoms with van der Waals surface area (Å²) in [5, 5.41) is 0.997. The summed E-state index contributed by atoms with van der Waals surface area (Å²) in [6, 6.07) is 11.3. The minimum absolute atomic E-state index is 0.0814. The number of benzene rings is 1. The molecule has 21 heavy (non-hydrogen) atoms. The van der Waals surface area contributed by atoms with Gasteiger partial charge in [0.25, 0.3) is 0 Å². The van der Waals surface area contributed by atoms with Crippen LogP contribution in [0.1, 0.15) is 6.42 Å². The van der Waals surface area contributed by atoms with Gasteiger partial charge in [-0.05, 0) is 24.6 Å². The van der Waals surface area contributed by atoms with Gasteiger partial charge in [0.1, 0.15) is 5.82 Å². The number of aromatic nitrogens is 1. The van der Waals surface area contributed by atoms with Crippen LogP contribution in [0.25, 0.3) is 10.9 Å². The van der Waals surface area contributed by atoms with Crippen molar-refractivity contribution in [1.82, 2.24) is 4.98 Å². The Labute approximate surface area is 124 Å². The van der Waals surface area contributed by atoms with Gasteiger partial charge < -0.3 is 4.74 Å². The zero-order chi connectivity index (χ0) is 14.9. The summed E-state index contributed by atoms with van der Waals surface area (Å²) < 4.78 is 31.4. The lowest BCUT2D eigenvalue weighted by Crippen LogP contribution is -2.32. The topological polar surface area (TPSA) is 59.5 Å². The van der Waals surface area contributed by atoms with Crippen LogP contribution in [0, 0.1) is 5.92 Å². The van der Waals surface area contributed by atoms with Crippen molar-refractivity contribution in [2.24, 2.45) is 5.92 Å². The van der Waals surface area contributed by atoms with Crippen molar-refractivity contribution in [2.45, 2.75) is 6.42 Å². The Morgan fingerprint density at radius 2 is 2.10 bits per heavy atom. The normalized spacial score (nSPS) is 19.0. The molecule has 1 aliphatic heterocycles. The van der Waals surface area contributed by atoms with E-state index in [4.69, 9.17) is 4.74 Å². The second-order valence-electron chi connectivity index (χ2n) is 5.34. The molecule has 0 bridgehead atoms. The minimum atomic E-state index is -3.37. The Balaban J connectivity index is 1.86. The van der Waals surface area contributed by atoms with Crippen molar-refractivity contribution >= 4 is 26.7 Å².